The molecule has 1 nitrogen and oxygen atoms in total. The molecule has 2 heteroatoms. The molecule has 0 N–H and O–H groups in total. The Morgan fingerprint density at radius 2 is 1.80 bits per heavy atom. The Bertz CT molecular complexity index is 71.7. The molecule has 0 spiro atoms. The van der Waals surface area contributed by atoms with Crippen molar-refractivity contribution in [2.45, 2.75) is 33.6 Å². The predicted molar refractivity (Wildman–Crippen MR) is 49.1 cm³/mol. The maximum Gasteiger partial charge on any atom is 0.145 e. The molecule has 0 saturated carbocycles. The van der Waals surface area contributed by atoms with E-state index in [1.807, 2.05) is 0 Å². The lowest BCUT2D eigenvalue weighted by Gasteiger charge is -2.20. The van der Waals surface area contributed by atoms with Crippen molar-refractivity contribution in [1.82, 2.24) is 0 Å². The molecule has 0 aromatic heterocycles. The Labute approximate surface area is 67.7 Å². The fourth-order valence-electron chi connectivity index (χ4n) is 1.49. The summed E-state index contributed by atoms with van der Waals surface area (Å²) in [5, 5.41) is 0. The van der Waals surface area contributed by atoms with Gasteiger partial charge in [0.05, 0.1) is 0 Å². The van der Waals surface area contributed by atoms with Gasteiger partial charge in [0.25, 0.3) is 0 Å². The Morgan fingerprint density at radius 3 is 2.10 bits per heavy atom. The molecule has 0 aromatic carbocycles. The normalized spacial score (nSPS) is 14.4. The molecular weight excluding hydrogens is 140 g/mol. The molecule has 1 unspecified atom stereocenters. The van der Waals surface area contributed by atoms with E-state index in [9.17, 15) is 0 Å². The van der Waals surface area contributed by atoms with Gasteiger partial charge in [-0.25, -0.2) is 0 Å². The zero-order valence-corrected chi connectivity index (χ0v) is 9.68. The molecular formula is C8H20OSi. The standard InChI is InChI=1S/C8H20OSi/c1-4-8(5-2)7(3)6-9-10/h7-8H,4-6H2,1-3,10H3. The summed E-state index contributed by atoms with van der Waals surface area (Å²) >= 11 is 0. The maximum absolute atomic E-state index is 5.23. The van der Waals surface area contributed by atoms with Gasteiger partial charge in [0, 0.05) is 6.61 Å². The predicted octanol–water partition coefficient (Wildman–Crippen LogP) is 1.36. The summed E-state index contributed by atoms with van der Waals surface area (Å²) in [6, 6.07) is 0. The van der Waals surface area contributed by atoms with Crippen LogP contribution in [0.25, 0.3) is 0 Å². The van der Waals surface area contributed by atoms with Crippen molar-refractivity contribution in [2.75, 3.05) is 6.61 Å². The minimum atomic E-state index is 0.757. The Hall–Kier alpha value is 0.177. The second-order valence-electron chi connectivity index (χ2n) is 3.01. The number of hydrogen-bond donors (Lipinski definition) is 0. The van der Waals surface area contributed by atoms with Gasteiger partial charge < -0.3 is 4.43 Å². The summed E-state index contributed by atoms with van der Waals surface area (Å²) in [5.41, 5.74) is 0. The molecule has 0 aliphatic carbocycles. The van der Waals surface area contributed by atoms with Crippen LogP contribution in [0.3, 0.4) is 0 Å². The van der Waals surface area contributed by atoms with Crippen molar-refractivity contribution >= 4 is 10.5 Å². The molecule has 0 radical (unpaired) electrons. The monoisotopic (exact) mass is 160 g/mol. The SMILES string of the molecule is CCC(CC)C(C)CO[SiH3]. The minimum absolute atomic E-state index is 0.757. The van der Waals surface area contributed by atoms with Gasteiger partial charge in [0.15, 0.2) is 0 Å². The van der Waals surface area contributed by atoms with Crippen LogP contribution in [0.2, 0.25) is 0 Å². The average molecular weight is 160 g/mol. The first-order valence-corrected chi connectivity index (χ1v) is 5.06. The summed E-state index contributed by atoms with van der Waals surface area (Å²) in [5.74, 6) is 1.63. The molecule has 0 heterocycles. The molecule has 0 aliphatic heterocycles. The lowest BCUT2D eigenvalue weighted by atomic mass is 9.90. The zero-order chi connectivity index (χ0) is 7.98. The molecule has 0 bridgehead atoms. The van der Waals surface area contributed by atoms with Crippen molar-refractivity contribution < 1.29 is 4.43 Å². The second-order valence-corrected chi connectivity index (χ2v) is 3.59. The van der Waals surface area contributed by atoms with E-state index in [0.29, 0.717) is 0 Å². The van der Waals surface area contributed by atoms with Gasteiger partial charge in [0.1, 0.15) is 10.5 Å². The highest BCUT2D eigenvalue weighted by Gasteiger charge is 2.11. The molecule has 0 rings (SSSR count). The summed E-state index contributed by atoms with van der Waals surface area (Å²) in [4.78, 5) is 0. The van der Waals surface area contributed by atoms with Crippen LogP contribution in [0, 0.1) is 11.8 Å². The Balaban J connectivity index is 3.53. The highest BCUT2D eigenvalue weighted by atomic mass is 28.2. The van der Waals surface area contributed by atoms with E-state index >= 15 is 0 Å². The molecule has 0 aliphatic rings. The minimum Gasteiger partial charge on any atom is -0.428 e. The van der Waals surface area contributed by atoms with Gasteiger partial charge in [-0.1, -0.05) is 33.6 Å². The van der Waals surface area contributed by atoms with Gasteiger partial charge in [-0.05, 0) is 11.8 Å². The van der Waals surface area contributed by atoms with E-state index in [1.165, 1.54) is 12.8 Å². The number of rotatable bonds is 5. The van der Waals surface area contributed by atoms with E-state index < -0.39 is 0 Å². The smallest absolute Gasteiger partial charge is 0.145 e. The van der Waals surface area contributed by atoms with E-state index in [1.54, 1.807) is 0 Å². The van der Waals surface area contributed by atoms with E-state index in [2.05, 4.69) is 20.8 Å². The highest BCUT2D eigenvalue weighted by molar-refractivity contribution is 5.97. The zero-order valence-electron chi connectivity index (χ0n) is 7.68. The first kappa shape index (κ1) is 10.2. The summed E-state index contributed by atoms with van der Waals surface area (Å²) in [6.45, 7) is 7.78. The highest BCUT2D eigenvalue weighted by Crippen LogP contribution is 2.18. The first-order valence-electron chi connectivity index (χ1n) is 4.25. The van der Waals surface area contributed by atoms with Gasteiger partial charge in [-0.15, -0.1) is 0 Å². The van der Waals surface area contributed by atoms with E-state index in [0.717, 1.165) is 28.9 Å². The maximum atomic E-state index is 5.23. The third kappa shape index (κ3) is 3.37. The van der Waals surface area contributed by atoms with Crippen LogP contribution in [-0.4, -0.2) is 17.1 Å². The average Bonchev–Trinajstić information content (AvgIpc) is 1.91. The fraction of sp³-hybridized carbons (Fsp3) is 1.00. The van der Waals surface area contributed by atoms with Crippen molar-refractivity contribution in [3.05, 3.63) is 0 Å². The van der Waals surface area contributed by atoms with E-state index in [4.69, 9.17) is 4.43 Å². The second kappa shape index (κ2) is 5.92. The first-order chi connectivity index (χ1) is 4.76. The van der Waals surface area contributed by atoms with Crippen LogP contribution in [0.15, 0.2) is 0 Å². The summed E-state index contributed by atoms with van der Waals surface area (Å²) in [6.07, 6.45) is 2.59. The van der Waals surface area contributed by atoms with Crippen molar-refractivity contribution in [3.63, 3.8) is 0 Å². The molecule has 1 atom stereocenters. The largest absolute Gasteiger partial charge is 0.428 e. The molecule has 0 amide bonds. The number of hydrogen-bond acceptors (Lipinski definition) is 1. The van der Waals surface area contributed by atoms with Crippen LogP contribution in [0.4, 0.5) is 0 Å². The van der Waals surface area contributed by atoms with Crippen LogP contribution in [0.5, 0.6) is 0 Å². The van der Waals surface area contributed by atoms with E-state index in [-0.39, 0.29) is 0 Å². The third-order valence-corrected chi connectivity index (χ3v) is 2.62. The summed E-state index contributed by atoms with van der Waals surface area (Å²) in [7, 11) is 0.888. The Kier molecular flexibility index (Phi) is 6.03. The van der Waals surface area contributed by atoms with Gasteiger partial charge in [-0.3, -0.25) is 0 Å². The Morgan fingerprint density at radius 1 is 1.30 bits per heavy atom. The quantitative estimate of drug-likeness (QED) is 0.552. The molecule has 0 fully saturated rings. The van der Waals surface area contributed by atoms with Crippen molar-refractivity contribution in [3.8, 4) is 0 Å². The van der Waals surface area contributed by atoms with Crippen LogP contribution < -0.4 is 0 Å². The lowest BCUT2D eigenvalue weighted by Crippen LogP contribution is -2.15. The molecule has 62 valence electrons. The molecule has 0 aromatic rings. The molecule has 10 heavy (non-hydrogen) atoms. The van der Waals surface area contributed by atoms with Crippen LogP contribution >= 0.6 is 0 Å². The third-order valence-electron chi connectivity index (χ3n) is 2.28. The molecule has 0 saturated heterocycles. The summed E-state index contributed by atoms with van der Waals surface area (Å²) < 4.78 is 5.23. The van der Waals surface area contributed by atoms with Gasteiger partial charge >= 0.3 is 0 Å². The van der Waals surface area contributed by atoms with Crippen molar-refractivity contribution in [1.29, 1.82) is 0 Å². The van der Waals surface area contributed by atoms with Gasteiger partial charge in [0.2, 0.25) is 0 Å². The van der Waals surface area contributed by atoms with Crippen molar-refractivity contribution in [2.24, 2.45) is 11.8 Å². The van der Waals surface area contributed by atoms with Crippen LogP contribution in [-0.2, 0) is 4.43 Å². The van der Waals surface area contributed by atoms with Gasteiger partial charge in [-0.2, -0.15) is 0 Å². The topological polar surface area (TPSA) is 9.23 Å². The lowest BCUT2D eigenvalue weighted by molar-refractivity contribution is 0.212. The fourth-order valence-corrected chi connectivity index (χ4v) is 2.02. The van der Waals surface area contributed by atoms with Crippen LogP contribution in [0.1, 0.15) is 33.6 Å².